The van der Waals surface area contributed by atoms with Gasteiger partial charge >= 0.3 is 5.97 Å². The minimum absolute atomic E-state index is 0.268. The summed E-state index contributed by atoms with van der Waals surface area (Å²) in [5.74, 6) is -0.222. The molecular weight excluding hydrogens is 398 g/mol. The van der Waals surface area contributed by atoms with E-state index in [4.69, 9.17) is 9.47 Å². The van der Waals surface area contributed by atoms with Gasteiger partial charge in [0.25, 0.3) is 5.91 Å². The van der Waals surface area contributed by atoms with Crippen molar-refractivity contribution in [2.24, 2.45) is 0 Å². The van der Waals surface area contributed by atoms with Gasteiger partial charge in [0.15, 0.2) is 6.61 Å². The summed E-state index contributed by atoms with van der Waals surface area (Å²) in [5.41, 5.74) is 1.74. The Morgan fingerprint density at radius 2 is 1.88 bits per heavy atom. The lowest BCUT2D eigenvalue weighted by Gasteiger charge is -2.16. The summed E-state index contributed by atoms with van der Waals surface area (Å²) >= 11 is 3.37. The number of halogens is 1. The zero-order valence-electron chi connectivity index (χ0n) is 14.6. The maximum atomic E-state index is 12.1. The number of hydrogen-bond acceptors (Lipinski definition) is 4. The minimum atomic E-state index is -0.589. The van der Waals surface area contributed by atoms with E-state index in [0.29, 0.717) is 12.3 Å². The maximum absolute atomic E-state index is 12.1. The number of hydrogen-bond donors (Lipinski definition) is 0. The van der Waals surface area contributed by atoms with E-state index in [1.807, 2.05) is 42.5 Å². The summed E-state index contributed by atoms with van der Waals surface area (Å²) in [7, 11) is 3.23. The predicted octanol–water partition coefficient (Wildman–Crippen LogP) is 3.67. The van der Waals surface area contributed by atoms with Crippen molar-refractivity contribution >= 4 is 33.9 Å². The van der Waals surface area contributed by atoms with E-state index in [1.54, 1.807) is 26.3 Å². The van der Waals surface area contributed by atoms with Crippen LogP contribution in [0.4, 0.5) is 0 Å². The van der Waals surface area contributed by atoms with Crippen LogP contribution in [0.2, 0.25) is 0 Å². The Morgan fingerprint density at radius 1 is 1.15 bits per heavy atom. The van der Waals surface area contributed by atoms with Crippen molar-refractivity contribution in [1.29, 1.82) is 0 Å². The Balaban J connectivity index is 1.86. The first kappa shape index (κ1) is 19.7. The smallest absolute Gasteiger partial charge is 0.331 e. The Kier molecular flexibility index (Phi) is 7.41. The number of nitrogens with zero attached hydrogens (tertiary/aromatic N) is 1. The highest BCUT2D eigenvalue weighted by Gasteiger charge is 2.11. The van der Waals surface area contributed by atoms with Crippen LogP contribution in [0.25, 0.3) is 6.08 Å². The SMILES string of the molecule is COc1ccc(Br)cc1/C=C/C(=O)OCC(=O)N(C)Cc1ccccc1. The van der Waals surface area contributed by atoms with E-state index in [2.05, 4.69) is 15.9 Å². The summed E-state index contributed by atoms with van der Waals surface area (Å²) in [6.45, 7) is 0.157. The Bertz CT molecular complexity index is 790. The quantitative estimate of drug-likeness (QED) is 0.509. The lowest BCUT2D eigenvalue weighted by atomic mass is 10.2. The van der Waals surface area contributed by atoms with Gasteiger partial charge in [-0.05, 0) is 29.8 Å². The molecule has 0 aliphatic carbocycles. The van der Waals surface area contributed by atoms with Crippen LogP contribution in [-0.2, 0) is 20.9 Å². The zero-order valence-corrected chi connectivity index (χ0v) is 16.2. The Labute approximate surface area is 161 Å². The second-order valence-corrected chi connectivity index (χ2v) is 6.48. The van der Waals surface area contributed by atoms with Crippen LogP contribution in [0.15, 0.2) is 59.1 Å². The molecule has 0 N–H and O–H groups in total. The van der Waals surface area contributed by atoms with E-state index in [-0.39, 0.29) is 12.5 Å². The molecule has 0 atom stereocenters. The summed E-state index contributed by atoms with van der Waals surface area (Å²) in [6, 6.07) is 15.1. The second-order valence-electron chi connectivity index (χ2n) is 5.56. The topological polar surface area (TPSA) is 55.8 Å². The van der Waals surface area contributed by atoms with Crippen molar-refractivity contribution in [3.63, 3.8) is 0 Å². The van der Waals surface area contributed by atoms with E-state index in [1.165, 1.54) is 11.0 Å². The molecule has 0 saturated carbocycles. The Morgan fingerprint density at radius 3 is 2.58 bits per heavy atom. The van der Waals surface area contributed by atoms with Gasteiger partial charge in [0.1, 0.15) is 5.75 Å². The average Bonchev–Trinajstić information content (AvgIpc) is 2.65. The summed E-state index contributed by atoms with van der Waals surface area (Å²) < 4.78 is 11.1. The highest BCUT2D eigenvalue weighted by molar-refractivity contribution is 9.10. The van der Waals surface area contributed by atoms with Crippen LogP contribution >= 0.6 is 15.9 Å². The molecule has 0 radical (unpaired) electrons. The van der Waals surface area contributed by atoms with Crippen LogP contribution in [-0.4, -0.2) is 37.5 Å². The lowest BCUT2D eigenvalue weighted by molar-refractivity contribution is -0.147. The van der Waals surface area contributed by atoms with Gasteiger partial charge in [-0.1, -0.05) is 46.3 Å². The van der Waals surface area contributed by atoms with Gasteiger partial charge in [-0.2, -0.15) is 0 Å². The molecule has 0 spiro atoms. The molecule has 0 bridgehead atoms. The van der Waals surface area contributed by atoms with E-state index >= 15 is 0 Å². The molecule has 26 heavy (non-hydrogen) atoms. The highest BCUT2D eigenvalue weighted by atomic mass is 79.9. The molecule has 0 heterocycles. The Hall–Kier alpha value is -2.60. The normalized spacial score (nSPS) is 10.6. The van der Waals surface area contributed by atoms with Crippen molar-refractivity contribution in [3.05, 3.63) is 70.2 Å². The standard InChI is InChI=1S/C20H20BrNO4/c1-22(13-15-6-4-3-5-7-15)19(23)14-26-20(24)11-8-16-12-17(21)9-10-18(16)25-2/h3-12H,13-14H2,1-2H3/b11-8+. The van der Waals surface area contributed by atoms with Crippen molar-refractivity contribution < 1.29 is 19.1 Å². The second kappa shape index (κ2) is 9.77. The molecule has 0 saturated heterocycles. The van der Waals surface area contributed by atoms with Crippen LogP contribution < -0.4 is 4.74 Å². The van der Waals surface area contributed by atoms with Crippen molar-refractivity contribution in [2.75, 3.05) is 20.8 Å². The van der Waals surface area contributed by atoms with Gasteiger partial charge < -0.3 is 14.4 Å². The molecular formula is C20H20BrNO4. The van der Waals surface area contributed by atoms with E-state index < -0.39 is 5.97 Å². The average molecular weight is 418 g/mol. The molecule has 0 aliphatic heterocycles. The van der Waals surface area contributed by atoms with Gasteiger partial charge in [0.05, 0.1) is 7.11 Å². The fraction of sp³-hybridized carbons (Fsp3) is 0.200. The molecule has 5 nitrogen and oxygen atoms in total. The fourth-order valence-electron chi connectivity index (χ4n) is 2.23. The van der Waals surface area contributed by atoms with Gasteiger partial charge in [-0.3, -0.25) is 4.79 Å². The number of rotatable bonds is 7. The number of likely N-dealkylation sites (N-methyl/N-ethyl adjacent to an activating group) is 1. The summed E-state index contributed by atoms with van der Waals surface area (Å²) in [5, 5.41) is 0. The number of esters is 1. The van der Waals surface area contributed by atoms with Gasteiger partial charge in [0, 0.05) is 29.7 Å². The fourth-order valence-corrected chi connectivity index (χ4v) is 2.61. The van der Waals surface area contributed by atoms with E-state index in [0.717, 1.165) is 15.6 Å². The molecule has 0 aromatic heterocycles. The predicted molar refractivity (Wildman–Crippen MR) is 104 cm³/mol. The summed E-state index contributed by atoms with van der Waals surface area (Å²) in [6.07, 6.45) is 2.86. The zero-order chi connectivity index (χ0) is 18.9. The maximum Gasteiger partial charge on any atom is 0.331 e. The first-order chi connectivity index (χ1) is 12.5. The highest BCUT2D eigenvalue weighted by Crippen LogP contribution is 2.24. The third-order valence-electron chi connectivity index (χ3n) is 3.62. The third-order valence-corrected chi connectivity index (χ3v) is 4.11. The number of carbonyl (C=O) groups is 2. The van der Waals surface area contributed by atoms with Crippen LogP contribution in [0, 0.1) is 0 Å². The van der Waals surface area contributed by atoms with Gasteiger partial charge in [-0.25, -0.2) is 4.79 Å². The molecule has 2 aromatic carbocycles. The van der Waals surface area contributed by atoms with Crippen molar-refractivity contribution in [3.8, 4) is 5.75 Å². The first-order valence-corrected chi connectivity index (χ1v) is 8.75. The van der Waals surface area contributed by atoms with Gasteiger partial charge in [0.2, 0.25) is 0 Å². The molecule has 136 valence electrons. The molecule has 0 aliphatic rings. The number of benzene rings is 2. The molecule has 2 aromatic rings. The number of methoxy groups -OCH3 is 1. The minimum Gasteiger partial charge on any atom is -0.496 e. The first-order valence-electron chi connectivity index (χ1n) is 7.96. The number of amides is 1. The van der Waals surface area contributed by atoms with E-state index in [9.17, 15) is 9.59 Å². The number of ether oxygens (including phenoxy) is 2. The van der Waals surface area contributed by atoms with Crippen LogP contribution in [0.1, 0.15) is 11.1 Å². The lowest BCUT2D eigenvalue weighted by Crippen LogP contribution is -2.30. The van der Waals surface area contributed by atoms with Crippen LogP contribution in [0.5, 0.6) is 5.75 Å². The monoisotopic (exact) mass is 417 g/mol. The van der Waals surface area contributed by atoms with Crippen molar-refractivity contribution in [2.45, 2.75) is 6.54 Å². The van der Waals surface area contributed by atoms with Gasteiger partial charge in [-0.15, -0.1) is 0 Å². The molecule has 0 fully saturated rings. The van der Waals surface area contributed by atoms with Crippen molar-refractivity contribution in [1.82, 2.24) is 4.90 Å². The third kappa shape index (κ3) is 6.04. The largest absolute Gasteiger partial charge is 0.496 e. The van der Waals surface area contributed by atoms with Crippen LogP contribution in [0.3, 0.4) is 0 Å². The molecule has 1 amide bonds. The summed E-state index contributed by atoms with van der Waals surface area (Å²) in [4.78, 5) is 25.4. The molecule has 6 heteroatoms. The number of carbonyl (C=O) groups excluding carboxylic acids is 2. The molecule has 0 unspecified atom stereocenters. The molecule has 2 rings (SSSR count).